The largest absolute Gasteiger partial charge is 0.488 e. The summed E-state index contributed by atoms with van der Waals surface area (Å²) in [6, 6.07) is 12.9. The Morgan fingerprint density at radius 3 is 2.44 bits per heavy atom. The van der Waals surface area contributed by atoms with Crippen LogP contribution in [-0.4, -0.2) is 22.2 Å². The molecule has 80 valence electrons. The molecule has 0 aliphatic carbocycles. The van der Waals surface area contributed by atoms with Crippen molar-refractivity contribution in [1.82, 2.24) is 4.98 Å². The first kappa shape index (κ1) is 10.9. The molecule has 0 saturated heterocycles. The van der Waals surface area contributed by atoms with Crippen molar-refractivity contribution in [3.63, 3.8) is 0 Å². The van der Waals surface area contributed by atoms with Crippen LogP contribution < -0.4 is 5.46 Å². The van der Waals surface area contributed by atoms with Gasteiger partial charge in [-0.3, -0.25) is 4.98 Å². The van der Waals surface area contributed by atoms with Crippen LogP contribution >= 0.6 is 0 Å². The fourth-order valence-electron chi connectivity index (χ4n) is 1.64. The smallest absolute Gasteiger partial charge is 0.423 e. The van der Waals surface area contributed by atoms with E-state index < -0.39 is 7.12 Å². The highest BCUT2D eigenvalue weighted by Gasteiger charge is 2.15. The number of benzene rings is 1. The number of aromatic nitrogens is 1. The number of rotatable bonds is 3. The van der Waals surface area contributed by atoms with Gasteiger partial charge in [0.1, 0.15) is 0 Å². The third-order valence-electron chi connectivity index (χ3n) is 2.43. The van der Waals surface area contributed by atoms with Gasteiger partial charge in [-0.15, -0.1) is 0 Å². The maximum absolute atomic E-state index is 9.22. The predicted molar refractivity (Wildman–Crippen MR) is 63.3 cm³/mol. The van der Waals surface area contributed by atoms with Gasteiger partial charge in [0.25, 0.3) is 0 Å². The van der Waals surface area contributed by atoms with Crippen molar-refractivity contribution in [1.29, 1.82) is 0 Å². The van der Waals surface area contributed by atoms with E-state index in [1.54, 1.807) is 18.3 Å². The molecule has 0 aliphatic heterocycles. The van der Waals surface area contributed by atoms with Gasteiger partial charge in [0, 0.05) is 18.3 Å². The van der Waals surface area contributed by atoms with Crippen LogP contribution in [0.3, 0.4) is 0 Å². The van der Waals surface area contributed by atoms with Gasteiger partial charge in [-0.2, -0.15) is 0 Å². The highest BCUT2D eigenvalue weighted by Crippen LogP contribution is 2.05. The van der Waals surface area contributed by atoms with Gasteiger partial charge < -0.3 is 10.0 Å². The Kier molecular flexibility index (Phi) is 3.34. The number of nitrogens with zero attached hydrogens (tertiary/aromatic N) is 1. The summed E-state index contributed by atoms with van der Waals surface area (Å²) >= 11 is 0. The van der Waals surface area contributed by atoms with Gasteiger partial charge in [-0.05, 0) is 23.2 Å². The van der Waals surface area contributed by atoms with Crippen molar-refractivity contribution in [2.75, 3.05) is 0 Å². The van der Waals surface area contributed by atoms with E-state index >= 15 is 0 Å². The average Bonchev–Trinajstić information content (AvgIpc) is 2.31. The molecule has 0 amide bonds. The van der Waals surface area contributed by atoms with Crippen LogP contribution in [0, 0.1) is 0 Å². The molecule has 0 bridgehead atoms. The molecule has 0 radical (unpaired) electrons. The lowest BCUT2D eigenvalue weighted by atomic mass is 9.76. The third kappa shape index (κ3) is 2.48. The SMILES string of the molecule is OB(O)c1ccccc1Cc1ccccn1. The van der Waals surface area contributed by atoms with Crippen LogP contribution in [0.1, 0.15) is 11.3 Å². The summed E-state index contributed by atoms with van der Waals surface area (Å²) in [6.07, 6.45) is 2.34. The van der Waals surface area contributed by atoms with Crippen molar-refractivity contribution in [3.05, 3.63) is 59.9 Å². The Balaban J connectivity index is 2.28. The van der Waals surface area contributed by atoms with Crippen molar-refractivity contribution in [2.24, 2.45) is 0 Å². The van der Waals surface area contributed by atoms with Crippen LogP contribution in [0.4, 0.5) is 0 Å². The average molecular weight is 213 g/mol. The lowest BCUT2D eigenvalue weighted by Gasteiger charge is -2.07. The van der Waals surface area contributed by atoms with E-state index in [-0.39, 0.29) is 0 Å². The molecule has 1 heterocycles. The molecule has 1 aromatic carbocycles. The molecule has 3 nitrogen and oxygen atoms in total. The zero-order chi connectivity index (χ0) is 11.4. The van der Waals surface area contributed by atoms with Crippen LogP contribution in [0.2, 0.25) is 0 Å². The fourth-order valence-corrected chi connectivity index (χ4v) is 1.64. The van der Waals surface area contributed by atoms with E-state index in [2.05, 4.69) is 4.98 Å². The monoisotopic (exact) mass is 213 g/mol. The molecule has 2 N–H and O–H groups in total. The molecule has 0 atom stereocenters. The van der Waals surface area contributed by atoms with Crippen LogP contribution in [-0.2, 0) is 6.42 Å². The topological polar surface area (TPSA) is 53.4 Å². The summed E-state index contributed by atoms with van der Waals surface area (Å²) in [5, 5.41) is 18.4. The van der Waals surface area contributed by atoms with E-state index in [0.29, 0.717) is 11.9 Å². The first-order valence-corrected chi connectivity index (χ1v) is 5.11. The number of hydrogen-bond donors (Lipinski definition) is 2. The second-order valence-corrected chi connectivity index (χ2v) is 3.57. The zero-order valence-corrected chi connectivity index (χ0v) is 8.74. The zero-order valence-electron chi connectivity index (χ0n) is 8.74. The van der Waals surface area contributed by atoms with Crippen LogP contribution in [0.25, 0.3) is 0 Å². The Bertz CT molecular complexity index is 460. The summed E-state index contributed by atoms with van der Waals surface area (Å²) in [6.45, 7) is 0. The van der Waals surface area contributed by atoms with Gasteiger partial charge in [0.05, 0.1) is 0 Å². The highest BCUT2D eigenvalue weighted by molar-refractivity contribution is 6.59. The molecular formula is C12H12BNO2. The third-order valence-corrected chi connectivity index (χ3v) is 2.43. The minimum absolute atomic E-state index is 0.535. The lowest BCUT2D eigenvalue weighted by molar-refractivity contribution is 0.425. The molecule has 4 heteroatoms. The summed E-state index contributed by atoms with van der Waals surface area (Å²) in [4.78, 5) is 4.21. The van der Waals surface area contributed by atoms with E-state index in [0.717, 1.165) is 11.3 Å². The normalized spacial score (nSPS) is 10.1. The van der Waals surface area contributed by atoms with E-state index in [9.17, 15) is 10.0 Å². The standard InChI is InChI=1S/C12H12BNO2/c15-13(16)12-7-2-1-5-10(12)9-11-6-3-4-8-14-11/h1-8,15-16H,9H2. The number of pyridine rings is 1. The first-order chi connectivity index (χ1) is 7.77. The lowest BCUT2D eigenvalue weighted by Crippen LogP contribution is -2.33. The van der Waals surface area contributed by atoms with Gasteiger partial charge in [0.15, 0.2) is 0 Å². The molecule has 2 aromatic rings. The first-order valence-electron chi connectivity index (χ1n) is 5.11. The Hall–Kier alpha value is -1.65. The summed E-state index contributed by atoms with van der Waals surface area (Å²) in [5.41, 5.74) is 2.33. The van der Waals surface area contributed by atoms with Crippen molar-refractivity contribution in [2.45, 2.75) is 6.42 Å². The Labute approximate surface area is 94.6 Å². The van der Waals surface area contributed by atoms with Gasteiger partial charge in [0.2, 0.25) is 0 Å². The second kappa shape index (κ2) is 4.92. The summed E-state index contributed by atoms with van der Waals surface area (Å²) in [5.74, 6) is 0. The van der Waals surface area contributed by atoms with Gasteiger partial charge >= 0.3 is 7.12 Å². The Morgan fingerprint density at radius 2 is 1.75 bits per heavy atom. The Morgan fingerprint density at radius 1 is 1.00 bits per heavy atom. The molecule has 0 unspecified atom stereocenters. The fraction of sp³-hybridized carbons (Fsp3) is 0.0833. The molecule has 0 saturated carbocycles. The maximum Gasteiger partial charge on any atom is 0.488 e. The minimum atomic E-state index is -1.43. The van der Waals surface area contributed by atoms with Crippen LogP contribution in [0.5, 0.6) is 0 Å². The van der Waals surface area contributed by atoms with Gasteiger partial charge in [-0.1, -0.05) is 30.3 Å². The second-order valence-electron chi connectivity index (χ2n) is 3.57. The molecule has 0 spiro atoms. The molecule has 2 rings (SSSR count). The predicted octanol–water partition coefficient (Wildman–Crippen LogP) is 0.352. The maximum atomic E-state index is 9.22. The summed E-state index contributed by atoms with van der Waals surface area (Å²) in [7, 11) is -1.43. The quantitative estimate of drug-likeness (QED) is 0.723. The van der Waals surface area contributed by atoms with Crippen molar-refractivity contribution < 1.29 is 10.0 Å². The van der Waals surface area contributed by atoms with E-state index in [4.69, 9.17) is 0 Å². The van der Waals surface area contributed by atoms with E-state index in [1.807, 2.05) is 30.3 Å². The van der Waals surface area contributed by atoms with Crippen molar-refractivity contribution >= 4 is 12.6 Å². The summed E-state index contributed by atoms with van der Waals surface area (Å²) < 4.78 is 0. The molecular weight excluding hydrogens is 201 g/mol. The van der Waals surface area contributed by atoms with Crippen molar-refractivity contribution in [3.8, 4) is 0 Å². The molecule has 16 heavy (non-hydrogen) atoms. The highest BCUT2D eigenvalue weighted by atomic mass is 16.4. The molecule has 0 fully saturated rings. The molecule has 0 aliphatic rings. The van der Waals surface area contributed by atoms with Crippen LogP contribution in [0.15, 0.2) is 48.7 Å². The number of hydrogen-bond acceptors (Lipinski definition) is 3. The van der Waals surface area contributed by atoms with Gasteiger partial charge in [-0.25, -0.2) is 0 Å². The minimum Gasteiger partial charge on any atom is -0.423 e. The molecule has 1 aromatic heterocycles. The van der Waals surface area contributed by atoms with E-state index in [1.165, 1.54) is 0 Å².